The number of piperazine rings is 1. The number of halogens is 1. The van der Waals surface area contributed by atoms with E-state index in [2.05, 4.69) is 17.1 Å². The number of hydrogen-bond acceptors (Lipinski definition) is 4. The number of hydrogen-bond donors (Lipinski definition) is 2. The number of rotatable bonds is 6. The van der Waals surface area contributed by atoms with Crippen LogP contribution in [0, 0.1) is 24.6 Å². The maximum absolute atomic E-state index is 14.4. The van der Waals surface area contributed by atoms with Gasteiger partial charge in [-0.25, -0.2) is 4.39 Å². The summed E-state index contributed by atoms with van der Waals surface area (Å²) in [4.78, 5) is 29.7. The molecule has 0 bridgehead atoms. The summed E-state index contributed by atoms with van der Waals surface area (Å²) < 4.78 is 14.4. The van der Waals surface area contributed by atoms with Crippen LogP contribution in [0.25, 0.3) is 0 Å². The second-order valence-corrected chi connectivity index (χ2v) is 10.3. The quantitative estimate of drug-likeness (QED) is 0.678. The number of nitrogens with zero attached hydrogens (tertiary/aromatic N) is 2. The Balaban J connectivity index is 1.36. The van der Waals surface area contributed by atoms with E-state index in [1.807, 2.05) is 11.8 Å². The first-order valence-corrected chi connectivity index (χ1v) is 12.6. The highest BCUT2D eigenvalue weighted by atomic mass is 19.1. The molecule has 1 aromatic rings. The molecule has 6 nitrogen and oxygen atoms in total. The summed E-state index contributed by atoms with van der Waals surface area (Å²) in [6.45, 7) is 6.83. The van der Waals surface area contributed by atoms with E-state index in [1.54, 1.807) is 6.07 Å². The summed E-state index contributed by atoms with van der Waals surface area (Å²) in [5, 5.41) is 12.9. The minimum absolute atomic E-state index is 0.0111. The molecule has 1 aliphatic heterocycles. The van der Waals surface area contributed by atoms with Crippen molar-refractivity contribution < 1.29 is 19.1 Å². The standard InChI is InChI=1S/C26H38FN3O3/c1-17-15-29(10-11-30(17)26(33)19-6-3-4-7-19)16-21-12-22(27)14-23(18(21)2)28-25(32)13-20-8-5-9-24(20)31/h12,14,17,19-20,24,31H,3-11,13,15-16H2,1-2H3,(H,28,32)/t17-,20?,24?/m0/s1. The van der Waals surface area contributed by atoms with Crippen molar-refractivity contribution in [2.45, 2.75) is 83.9 Å². The van der Waals surface area contributed by atoms with Crippen LogP contribution < -0.4 is 5.32 Å². The zero-order valence-electron chi connectivity index (χ0n) is 20.0. The lowest BCUT2D eigenvalue weighted by molar-refractivity contribution is -0.140. The zero-order chi connectivity index (χ0) is 23.5. The van der Waals surface area contributed by atoms with Crippen molar-refractivity contribution in [1.29, 1.82) is 0 Å². The molecule has 0 radical (unpaired) electrons. The molecule has 33 heavy (non-hydrogen) atoms. The molecule has 0 spiro atoms. The van der Waals surface area contributed by atoms with Gasteiger partial charge in [-0.3, -0.25) is 14.5 Å². The van der Waals surface area contributed by atoms with E-state index in [4.69, 9.17) is 0 Å². The molecular formula is C26H38FN3O3. The number of benzene rings is 1. The van der Waals surface area contributed by atoms with Crippen molar-refractivity contribution in [3.63, 3.8) is 0 Å². The summed E-state index contributed by atoms with van der Waals surface area (Å²) in [6, 6.07) is 3.06. The molecule has 2 unspecified atom stereocenters. The summed E-state index contributed by atoms with van der Waals surface area (Å²) >= 11 is 0. The van der Waals surface area contributed by atoms with Crippen LogP contribution in [-0.2, 0) is 16.1 Å². The van der Waals surface area contributed by atoms with Crippen LogP contribution in [0.5, 0.6) is 0 Å². The van der Waals surface area contributed by atoms with E-state index in [9.17, 15) is 19.1 Å². The highest BCUT2D eigenvalue weighted by Gasteiger charge is 2.33. The minimum Gasteiger partial charge on any atom is -0.393 e. The Labute approximate surface area is 196 Å². The molecule has 1 aromatic carbocycles. The van der Waals surface area contributed by atoms with Gasteiger partial charge in [0.05, 0.1) is 6.10 Å². The number of nitrogens with one attached hydrogen (secondary N) is 1. The summed E-state index contributed by atoms with van der Waals surface area (Å²) in [7, 11) is 0. The van der Waals surface area contributed by atoms with Crippen molar-refractivity contribution in [3.8, 4) is 0 Å². The second-order valence-electron chi connectivity index (χ2n) is 10.3. The number of aliphatic hydroxyl groups is 1. The lowest BCUT2D eigenvalue weighted by atomic mass is 10.0. The average Bonchev–Trinajstić information content (AvgIpc) is 3.43. The van der Waals surface area contributed by atoms with Gasteiger partial charge in [0.2, 0.25) is 11.8 Å². The first-order chi connectivity index (χ1) is 15.8. The van der Waals surface area contributed by atoms with E-state index in [1.165, 1.54) is 6.07 Å². The van der Waals surface area contributed by atoms with Crippen LogP contribution in [-0.4, -0.2) is 58.5 Å². The van der Waals surface area contributed by atoms with Gasteiger partial charge >= 0.3 is 0 Å². The highest BCUT2D eigenvalue weighted by molar-refractivity contribution is 5.91. The second kappa shape index (κ2) is 10.5. The number of carbonyl (C=O) groups excluding carboxylic acids is 2. The normalized spacial score (nSPS) is 26.7. The summed E-state index contributed by atoms with van der Waals surface area (Å²) in [6.07, 6.45) is 6.74. The Morgan fingerprint density at radius 3 is 2.55 bits per heavy atom. The number of amides is 2. The summed E-state index contributed by atoms with van der Waals surface area (Å²) in [5.74, 6) is -0.0498. The molecule has 7 heteroatoms. The van der Waals surface area contributed by atoms with Crippen LogP contribution >= 0.6 is 0 Å². The Morgan fingerprint density at radius 1 is 1.12 bits per heavy atom. The van der Waals surface area contributed by atoms with Crippen molar-refractivity contribution >= 4 is 17.5 Å². The van der Waals surface area contributed by atoms with Crippen molar-refractivity contribution in [1.82, 2.24) is 9.80 Å². The Kier molecular flexibility index (Phi) is 7.69. The van der Waals surface area contributed by atoms with E-state index < -0.39 is 6.10 Å². The summed E-state index contributed by atoms with van der Waals surface area (Å²) in [5.41, 5.74) is 2.23. The van der Waals surface area contributed by atoms with Gasteiger partial charge in [-0.15, -0.1) is 0 Å². The number of aliphatic hydroxyl groups excluding tert-OH is 1. The van der Waals surface area contributed by atoms with Crippen LogP contribution in [0.2, 0.25) is 0 Å². The number of anilines is 1. The van der Waals surface area contributed by atoms with Crippen molar-refractivity contribution in [2.24, 2.45) is 11.8 Å². The van der Waals surface area contributed by atoms with Crippen molar-refractivity contribution in [2.75, 3.05) is 25.0 Å². The van der Waals surface area contributed by atoms with E-state index in [-0.39, 0.29) is 36.0 Å². The van der Waals surface area contributed by atoms with Crippen LogP contribution in [0.1, 0.15) is 69.4 Å². The lowest BCUT2D eigenvalue weighted by Crippen LogP contribution is -2.54. The van der Waals surface area contributed by atoms with Gasteiger partial charge in [0.15, 0.2) is 0 Å². The molecular weight excluding hydrogens is 421 g/mol. The molecule has 2 saturated carbocycles. The molecule has 3 atom stereocenters. The fraction of sp³-hybridized carbons (Fsp3) is 0.692. The maximum Gasteiger partial charge on any atom is 0.226 e. The third-order valence-electron chi connectivity index (χ3n) is 7.91. The Hall–Kier alpha value is -1.99. The molecule has 3 aliphatic rings. The van der Waals surface area contributed by atoms with Gasteiger partial charge in [-0.2, -0.15) is 0 Å². The van der Waals surface area contributed by atoms with Crippen LogP contribution in [0.4, 0.5) is 10.1 Å². The molecule has 4 rings (SSSR count). The molecule has 182 valence electrons. The molecule has 1 heterocycles. The van der Waals surface area contributed by atoms with E-state index in [0.717, 1.165) is 69.2 Å². The first-order valence-electron chi connectivity index (χ1n) is 12.6. The van der Waals surface area contributed by atoms with Crippen LogP contribution in [0.15, 0.2) is 12.1 Å². The highest BCUT2D eigenvalue weighted by Crippen LogP contribution is 2.30. The third-order valence-corrected chi connectivity index (χ3v) is 7.91. The zero-order valence-corrected chi connectivity index (χ0v) is 20.0. The van der Waals surface area contributed by atoms with Gasteiger partial charge in [-0.05, 0) is 68.7 Å². The Bertz CT molecular complexity index is 871. The maximum atomic E-state index is 14.4. The first kappa shape index (κ1) is 24.1. The number of carbonyl (C=O) groups is 2. The van der Waals surface area contributed by atoms with Crippen LogP contribution in [0.3, 0.4) is 0 Å². The molecule has 2 N–H and O–H groups in total. The fourth-order valence-electron chi connectivity index (χ4n) is 5.88. The van der Waals surface area contributed by atoms with E-state index >= 15 is 0 Å². The third kappa shape index (κ3) is 5.75. The molecule has 2 aliphatic carbocycles. The van der Waals surface area contributed by atoms with Gasteiger partial charge in [-0.1, -0.05) is 19.3 Å². The molecule has 1 saturated heterocycles. The van der Waals surface area contributed by atoms with Gasteiger partial charge in [0.25, 0.3) is 0 Å². The average molecular weight is 460 g/mol. The van der Waals surface area contributed by atoms with Gasteiger partial charge < -0.3 is 15.3 Å². The smallest absolute Gasteiger partial charge is 0.226 e. The SMILES string of the molecule is Cc1c(CN2CCN(C(=O)C3CCCC3)[C@@H](C)C2)cc(F)cc1NC(=O)CC1CCCC1O. The monoisotopic (exact) mass is 459 g/mol. The van der Waals surface area contributed by atoms with Gasteiger partial charge in [0.1, 0.15) is 5.82 Å². The molecule has 3 fully saturated rings. The predicted molar refractivity (Wildman–Crippen MR) is 126 cm³/mol. The largest absolute Gasteiger partial charge is 0.393 e. The molecule has 2 amide bonds. The van der Waals surface area contributed by atoms with E-state index in [0.29, 0.717) is 24.7 Å². The molecule has 0 aromatic heterocycles. The van der Waals surface area contributed by atoms with Crippen molar-refractivity contribution in [3.05, 3.63) is 29.1 Å². The predicted octanol–water partition coefficient (Wildman–Crippen LogP) is 3.85. The lowest BCUT2D eigenvalue weighted by Gasteiger charge is -2.41. The minimum atomic E-state index is -0.416. The topological polar surface area (TPSA) is 72.9 Å². The fourth-order valence-corrected chi connectivity index (χ4v) is 5.88. The Morgan fingerprint density at radius 2 is 1.88 bits per heavy atom. The van der Waals surface area contributed by atoms with Gasteiger partial charge in [0, 0.05) is 50.2 Å².